The average molecular weight is 431 g/mol. The van der Waals surface area contributed by atoms with E-state index in [-0.39, 0.29) is 22.4 Å². The first-order chi connectivity index (χ1) is 14.0. The normalized spacial score (nSPS) is 22.3. The van der Waals surface area contributed by atoms with Crippen LogP contribution in [0, 0.1) is 0 Å². The fourth-order valence-corrected chi connectivity index (χ4v) is 4.56. The van der Waals surface area contributed by atoms with Crippen molar-refractivity contribution in [3.05, 3.63) is 69.5 Å². The molecule has 5 nitrogen and oxygen atoms in total. The molecule has 29 heavy (non-hydrogen) atoms. The molecule has 1 unspecified atom stereocenters. The van der Waals surface area contributed by atoms with Crippen LogP contribution in [0.25, 0.3) is 5.76 Å². The van der Waals surface area contributed by atoms with Crippen molar-refractivity contribution in [2.45, 2.75) is 44.2 Å². The van der Waals surface area contributed by atoms with Gasteiger partial charge >= 0.3 is 0 Å². The quantitative estimate of drug-likeness (QED) is 0.415. The summed E-state index contributed by atoms with van der Waals surface area (Å²) in [6.45, 7) is 0. The zero-order valence-corrected chi connectivity index (χ0v) is 17.2. The molecule has 4 rings (SSSR count). The fourth-order valence-electron chi connectivity index (χ4n) is 4.26. The Hall–Kier alpha value is -2.37. The number of Topliss-reactive ketones (excluding diaryl/α,β-unsaturated/α-hetero) is 1. The molecule has 1 saturated heterocycles. The van der Waals surface area contributed by atoms with E-state index in [1.807, 2.05) is 0 Å². The summed E-state index contributed by atoms with van der Waals surface area (Å²) < 4.78 is 0. The zero-order chi connectivity index (χ0) is 20.5. The summed E-state index contributed by atoms with van der Waals surface area (Å²) in [5.41, 5.74) is 1.16. The van der Waals surface area contributed by atoms with E-state index in [9.17, 15) is 14.7 Å². The van der Waals surface area contributed by atoms with Crippen molar-refractivity contribution in [2.75, 3.05) is 0 Å². The Morgan fingerprint density at radius 3 is 2.34 bits per heavy atom. The van der Waals surface area contributed by atoms with Gasteiger partial charge in [-0.2, -0.15) is 0 Å². The Morgan fingerprint density at radius 1 is 1.00 bits per heavy atom. The van der Waals surface area contributed by atoms with Gasteiger partial charge in [-0.05, 0) is 48.7 Å². The number of carbonyl (C=O) groups is 2. The molecule has 2 aliphatic rings. The Morgan fingerprint density at radius 2 is 1.69 bits per heavy atom. The van der Waals surface area contributed by atoms with E-state index in [1.54, 1.807) is 41.6 Å². The van der Waals surface area contributed by atoms with Crippen LogP contribution in [-0.4, -0.2) is 32.7 Å². The molecule has 7 heteroatoms. The number of likely N-dealkylation sites (tertiary alicyclic amines) is 1. The van der Waals surface area contributed by atoms with E-state index in [1.165, 1.54) is 6.07 Å². The van der Waals surface area contributed by atoms with Crippen LogP contribution in [0.2, 0.25) is 10.0 Å². The van der Waals surface area contributed by atoms with Gasteiger partial charge in [-0.1, -0.05) is 42.5 Å². The van der Waals surface area contributed by atoms with Crippen LogP contribution in [0.3, 0.4) is 0 Å². The largest absolute Gasteiger partial charge is 0.507 e. The second-order valence-corrected chi connectivity index (χ2v) is 8.22. The summed E-state index contributed by atoms with van der Waals surface area (Å²) in [6, 6.07) is 7.49. The Bertz CT molecular complexity index is 985. The van der Waals surface area contributed by atoms with Gasteiger partial charge in [0.1, 0.15) is 5.76 Å². The Kier molecular flexibility index (Phi) is 5.61. The van der Waals surface area contributed by atoms with Crippen molar-refractivity contribution in [2.24, 2.45) is 0 Å². The Balaban J connectivity index is 1.87. The predicted octanol–water partition coefficient (Wildman–Crippen LogP) is 5.14. The van der Waals surface area contributed by atoms with Gasteiger partial charge in [-0.3, -0.25) is 14.6 Å². The molecule has 150 valence electrons. The molecule has 1 N–H and O–H groups in total. The highest BCUT2D eigenvalue weighted by molar-refractivity contribution is 6.47. The van der Waals surface area contributed by atoms with Gasteiger partial charge < -0.3 is 10.0 Å². The maximum absolute atomic E-state index is 13.0. The van der Waals surface area contributed by atoms with Gasteiger partial charge in [0.25, 0.3) is 11.7 Å². The lowest BCUT2D eigenvalue weighted by atomic mass is 9.91. The molecular weight excluding hydrogens is 411 g/mol. The minimum atomic E-state index is -0.680. The van der Waals surface area contributed by atoms with Crippen LogP contribution >= 0.6 is 23.2 Å². The molecule has 1 atom stereocenters. The van der Waals surface area contributed by atoms with Crippen LogP contribution in [0.4, 0.5) is 0 Å². The highest BCUT2D eigenvalue weighted by Crippen LogP contribution is 2.43. The third-order valence-electron chi connectivity index (χ3n) is 5.66. The minimum absolute atomic E-state index is 0.0301. The number of carbonyl (C=O) groups excluding carboxylic acids is 2. The molecule has 0 radical (unpaired) electrons. The molecule has 0 bridgehead atoms. The SMILES string of the molecule is O=C1C(=O)N(C2CCCCC2)C(c2ccncc2)/C1=C(/O)c1ccc(Cl)c(Cl)c1. The van der Waals surface area contributed by atoms with E-state index in [0.717, 1.165) is 37.7 Å². The molecule has 2 aromatic rings. The number of pyridine rings is 1. The number of halogens is 2. The summed E-state index contributed by atoms with van der Waals surface area (Å²) in [6.07, 6.45) is 8.10. The van der Waals surface area contributed by atoms with Crippen molar-refractivity contribution < 1.29 is 14.7 Å². The van der Waals surface area contributed by atoms with Gasteiger partial charge in [0.15, 0.2) is 0 Å². The summed E-state index contributed by atoms with van der Waals surface area (Å²) in [4.78, 5) is 31.7. The second-order valence-electron chi connectivity index (χ2n) is 7.41. The molecule has 0 spiro atoms. The number of ketones is 1. The second kappa shape index (κ2) is 8.17. The first-order valence-electron chi connectivity index (χ1n) is 9.64. The van der Waals surface area contributed by atoms with Crippen molar-refractivity contribution in [1.82, 2.24) is 9.88 Å². The Labute approximate surface area is 179 Å². The van der Waals surface area contributed by atoms with Crippen molar-refractivity contribution >= 4 is 40.7 Å². The van der Waals surface area contributed by atoms with Gasteiger partial charge in [0, 0.05) is 24.0 Å². The smallest absolute Gasteiger partial charge is 0.295 e. The molecule has 2 heterocycles. The molecule has 1 aromatic carbocycles. The van der Waals surface area contributed by atoms with Gasteiger partial charge in [0.2, 0.25) is 0 Å². The first kappa shape index (κ1) is 19.9. The standard InChI is InChI=1S/C22H20Cl2N2O3/c23-16-7-6-14(12-17(16)24)20(27)18-19(13-8-10-25-11-9-13)26(22(29)21(18)28)15-4-2-1-3-5-15/h6-12,15,19,27H,1-5H2/b20-18-. The van der Waals surface area contributed by atoms with Crippen molar-refractivity contribution in [1.29, 1.82) is 0 Å². The molecule has 2 fully saturated rings. The molecular formula is C22H20Cl2N2O3. The summed E-state index contributed by atoms with van der Waals surface area (Å²) in [7, 11) is 0. The van der Waals surface area contributed by atoms with Crippen LogP contribution in [-0.2, 0) is 9.59 Å². The highest BCUT2D eigenvalue weighted by atomic mass is 35.5. The van der Waals surface area contributed by atoms with E-state index in [0.29, 0.717) is 10.6 Å². The fraction of sp³-hybridized carbons (Fsp3) is 0.318. The monoisotopic (exact) mass is 430 g/mol. The molecule has 1 aliphatic heterocycles. The molecule has 1 saturated carbocycles. The lowest BCUT2D eigenvalue weighted by Gasteiger charge is -2.35. The number of rotatable bonds is 3. The highest BCUT2D eigenvalue weighted by Gasteiger charge is 2.48. The van der Waals surface area contributed by atoms with Gasteiger partial charge in [-0.25, -0.2) is 0 Å². The molecule has 1 amide bonds. The van der Waals surface area contributed by atoms with Gasteiger partial charge in [-0.15, -0.1) is 0 Å². The van der Waals surface area contributed by atoms with Crippen molar-refractivity contribution in [3.63, 3.8) is 0 Å². The summed E-state index contributed by atoms with van der Waals surface area (Å²) in [5, 5.41) is 11.6. The van der Waals surface area contributed by atoms with E-state index < -0.39 is 17.7 Å². The van der Waals surface area contributed by atoms with Crippen LogP contribution < -0.4 is 0 Å². The number of aromatic nitrogens is 1. The maximum Gasteiger partial charge on any atom is 0.295 e. The number of nitrogens with zero attached hydrogens (tertiary/aromatic N) is 2. The van der Waals surface area contributed by atoms with Crippen LogP contribution in [0.5, 0.6) is 0 Å². The van der Waals surface area contributed by atoms with E-state index >= 15 is 0 Å². The summed E-state index contributed by atoms with van der Waals surface area (Å²) in [5.74, 6) is -1.50. The first-order valence-corrected chi connectivity index (χ1v) is 10.4. The maximum atomic E-state index is 13.0. The number of aliphatic hydroxyl groups excluding tert-OH is 1. The van der Waals surface area contributed by atoms with Gasteiger partial charge in [0.05, 0.1) is 21.7 Å². The third kappa shape index (κ3) is 3.65. The lowest BCUT2D eigenvalue weighted by molar-refractivity contribution is -0.141. The number of benzene rings is 1. The predicted molar refractivity (Wildman–Crippen MR) is 112 cm³/mol. The number of amides is 1. The number of aliphatic hydroxyl groups is 1. The number of hydrogen-bond donors (Lipinski definition) is 1. The average Bonchev–Trinajstić information content (AvgIpc) is 3.01. The number of hydrogen-bond acceptors (Lipinski definition) is 4. The molecule has 1 aromatic heterocycles. The zero-order valence-electron chi connectivity index (χ0n) is 15.6. The molecule has 1 aliphatic carbocycles. The van der Waals surface area contributed by atoms with E-state index in [4.69, 9.17) is 23.2 Å². The lowest BCUT2D eigenvalue weighted by Crippen LogP contribution is -2.40. The topological polar surface area (TPSA) is 70.5 Å². The summed E-state index contributed by atoms with van der Waals surface area (Å²) >= 11 is 12.1. The van der Waals surface area contributed by atoms with Crippen LogP contribution in [0.1, 0.15) is 49.3 Å². The minimum Gasteiger partial charge on any atom is -0.507 e. The van der Waals surface area contributed by atoms with Crippen molar-refractivity contribution in [3.8, 4) is 0 Å². The van der Waals surface area contributed by atoms with Crippen LogP contribution in [0.15, 0.2) is 48.3 Å². The third-order valence-corrected chi connectivity index (χ3v) is 6.40. The van der Waals surface area contributed by atoms with E-state index in [2.05, 4.69) is 4.98 Å².